The fourth-order valence-electron chi connectivity index (χ4n) is 5.53. The van der Waals surface area contributed by atoms with Crippen LogP contribution in [0.5, 0.6) is 17.2 Å². The van der Waals surface area contributed by atoms with Crippen molar-refractivity contribution in [3.63, 3.8) is 0 Å². The molecular weight excluding hydrogens is 446 g/mol. The first kappa shape index (κ1) is 23.5. The molecule has 0 N–H and O–H groups in total. The Labute approximate surface area is 206 Å². The number of piperidine rings is 1. The molecule has 2 fully saturated rings. The van der Waals surface area contributed by atoms with E-state index in [-0.39, 0.29) is 25.3 Å². The van der Waals surface area contributed by atoms with Gasteiger partial charge in [-0.05, 0) is 60.6 Å². The zero-order valence-electron chi connectivity index (χ0n) is 20.7. The number of ether oxygens (including phenoxy) is 3. The Morgan fingerprint density at radius 3 is 2.40 bits per heavy atom. The number of carbonyl (C=O) groups excluding carboxylic acids is 2. The Morgan fingerprint density at radius 1 is 1.00 bits per heavy atom. The second kappa shape index (κ2) is 9.41. The standard InChI is InChI=1S/C27H33N3O5/c1-19(14-21-6-9-23-24(15-21)35-18-34-23)16-29-12-10-27(11-13-29)25(31)30(26(32)28(27)2)17-20-4-7-22(33-3)8-5-20/h4-9,15,19H,10-14,16-18H2,1-3H3. The van der Waals surface area contributed by atoms with Crippen molar-refractivity contribution in [1.82, 2.24) is 14.7 Å². The molecule has 3 heterocycles. The van der Waals surface area contributed by atoms with Crippen LogP contribution < -0.4 is 14.2 Å². The third kappa shape index (κ3) is 4.43. The molecule has 2 aromatic rings. The number of hydrogen-bond donors (Lipinski definition) is 0. The molecule has 8 heteroatoms. The molecule has 1 atom stereocenters. The third-order valence-electron chi connectivity index (χ3n) is 7.58. The van der Waals surface area contributed by atoms with Crippen LogP contribution >= 0.6 is 0 Å². The van der Waals surface area contributed by atoms with Gasteiger partial charge in [0, 0.05) is 26.7 Å². The molecule has 1 unspecified atom stereocenters. The number of benzene rings is 2. The molecule has 0 bridgehead atoms. The number of rotatable bonds is 7. The summed E-state index contributed by atoms with van der Waals surface area (Å²) < 4.78 is 16.1. The number of likely N-dealkylation sites (tertiary alicyclic amines) is 1. The highest BCUT2D eigenvalue weighted by molar-refractivity contribution is 6.06. The molecule has 35 heavy (non-hydrogen) atoms. The average molecular weight is 480 g/mol. The van der Waals surface area contributed by atoms with Gasteiger partial charge in [0.05, 0.1) is 13.7 Å². The van der Waals surface area contributed by atoms with E-state index in [1.807, 2.05) is 30.3 Å². The smallest absolute Gasteiger partial charge is 0.327 e. The molecule has 0 aliphatic carbocycles. The van der Waals surface area contributed by atoms with Gasteiger partial charge in [-0.2, -0.15) is 0 Å². The van der Waals surface area contributed by atoms with Gasteiger partial charge < -0.3 is 24.0 Å². The number of nitrogens with zero attached hydrogens (tertiary/aromatic N) is 3. The van der Waals surface area contributed by atoms with Crippen LogP contribution in [0, 0.1) is 5.92 Å². The third-order valence-corrected chi connectivity index (χ3v) is 7.58. The monoisotopic (exact) mass is 479 g/mol. The van der Waals surface area contributed by atoms with Crippen LogP contribution in [0.1, 0.15) is 30.9 Å². The molecule has 0 aromatic heterocycles. The lowest BCUT2D eigenvalue weighted by Gasteiger charge is -2.41. The van der Waals surface area contributed by atoms with E-state index in [1.165, 1.54) is 10.5 Å². The second-order valence-electron chi connectivity index (χ2n) is 9.91. The lowest BCUT2D eigenvalue weighted by atomic mass is 9.85. The Bertz CT molecular complexity index is 1090. The van der Waals surface area contributed by atoms with Gasteiger partial charge in [-0.25, -0.2) is 4.79 Å². The zero-order valence-corrected chi connectivity index (χ0v) is 20.7. The summed E-state index contributed by atoms with van der Waals surface area (Å²) in [7, 11) is 3.39. The van der Waals surface area contributed by atoms with E-state index in [1.54, 1.807) is 19.1 Å². The molecule has 5 rings (SSSR count). The molecule has 3 amide bonds. The van der Waals surface area contributed by atoms with E-state index in [9.17, 15) is 9.59 Å². The quantitative estimate of drug-likeness (QED) is 0.566. The van der Waals surface area contributed by atoms with E-state index in [0.717, 1.165) is 48.9 Å². The van der Waals surface area contributed by atoms with Crippen LogP contribution in [0.4, 0.5) is 4.79 Å². The van der Waals surface area contributed by atoms with Crippen LogP contribution in [0.2, 0.25) is 0 Å². The zero-order chi connectivity index (χ0) is 24.6. The number of likely N-dealkylation sites (N-methyl/N-ethyl adjacent to an activating group) is 1. The number of methoxy groups -OCH3 is 1. The summed E-state index contributed by atoms with van der Waals surface area (Å²) in [5.41, 5.74) is 1.41. The van der Waals surface area contributed by atoms with Crippen molar-refractivity contribution in [2.75, 3.05) is 40.6 Å². The molecule has 3 aliphatic rings. The van der Waals surface area contributed by atoms with Crippen molar-refractivity contribution in [3.8, 4) is 17.2 Å². The highest BCUT2D eigenvalue weighted by Gasteiger charge is 2.56. The summed E-state index contributed by atoms with van der Waals surface area (Å²) in [6.07, 6.45) is 2.26. The number of carbonyl (C=O) groups is 2. The highest BCUT2D eigenvalue weighted by Crippen LogP contribution is 2.37. The maximum atomic E-state index is 13.5. The average Bonchev–Trinajstić information content (AvgIpc) is 3.40. The van der Waals surface area contributed by atoms with Crippen LogP contribution in [0.25, 0.3) is 0 Å². The summed E-state index contributed by atoms with van der Waals surface area (Å²) in [4.78, 5) is 32.0. The maximum absolute atomic E-state index is 13.5. The van der Waals surface area contributed by atoms with E-state index in [0.29, 0.717) is 18.8 Å². The first-order valence-electron chi connectivity index (χ1n) is 12.2. The van der Waals surface area contributed by atoms with Crippen molar-refractivity contribution >= 4 is 11.9 Å². The van der Waals surface area contributed by atoms with Crippen molar-refractivity contribution in [2.45, 2.75) is 38.3 Å². The molecule has 0 saturated carbocycles. The molecule has 0 radical (unpaired) electrons. The topological polar surface area (TPSA) is 71.6 Å². The molecule has 186 valence electrons. The van der Waals surface area contributed by atoms with E-state index in [2.05, 4.69) is 24.0 Å². The molecule has 8 nitrogen and oxygen atoms in total. The maximum Gasteiger partial charge on any atom is 0.327 e. The van der Waals surface area contributed by atoms with Gasteiger partial charge in [0.2, 0.25) is 6.79 Å². The van der Waals surface area contributed by atoms with Gasteiger partial charge in [0.1, 0.15) is 11.3 Å². The minimum absolute atomic E-state index is 0.0751. The molecule has 2 saturated heterocycles. The predicted molar refractivity (Wildman–Crippen MR) is 131 cm³/mol. The second-order valence-corrected chi connectivity index (χ2v) is 9.91. The van der Waals surface area contributed by atoms with Crippen molar-refractivity contribution < 1.29 is 23.8 Å². The van der Waals surface area contributed by atoms with Gasteiger partial charge in [0.25, 0.3) is 5.91 Å². The van der Waals surface area contributed by atoms with Crippen molar-refractivity contribution in [3.05, 3.63) is 53.6 Å². The van der Waals surface area contributed by atoms with Crippen LogP contribution in [-0.2, 0) is 17.8 Å². The minimum atomic E-state index is -0.736. The fourth-order valence-corrected chi connectivity index (χ4v) is 5.53. The Morgan fingerprint density at radius 2 is 1.69 bits per heavy atom. The van der Waals surface area contributed by atoms with Crippen LogP contribution in [-0.4, -0.2) is 72.8 Å². The lowest BCUT2D eigenvalue weighted by Crippen LogP contribution is -2.55. The molecule has 3 aliphatic heterocycles. The Kier molecular flexibility index (Phi) is 6.32. The molecule has 1 spiro atoms. The predicted octanol–water partition coefficient (Wildman–Crippen LogP) is 3.53. The minimum Gasteiger partial charge on any atom is -0.497 e. The SMILES string of the molecule is COc1ccc(CN2C(=O)N(C)C3(CCN(CC(C)Cc4ccc5c(c4)OCO5)CC3)C2=O)cc1. The van der Waals surface area contributed by atoms with Crippen LogP contribution in [0.3, 0.4) is 0 Å². The number of imide groups is 1. The van der Waals surface area contributed by atoms with Gasteiger partial charge >= 0.3 is 6.03 Å². The number of urea groups is 1. The van der Waals surface area contributed by atoms with Crippen molar-refractivity contribution in [2.24, 2.45) is 5.92 Å². The highest BCUT2D eigenvalue weighted by atomic mass is 16.7. The van der Waals surface area contributed by atoms with E-state index in [4.69, 9.17) is 14.2 Å². The first-order valence-corrected chi connectivity index (χ1v) is 12.2. The number of hydrogen-bond acceptors (Lipinski definition) is 6. The van der Waals surface area contributed by atoms with Gasteiger partial charge in [-0.15, -0.1) is 0 Å². The Balaban J connectivity index is 1.18. The van der Waals surface area contributed by atoms with Crippen molar-refractivity contribution in [1.29, 1.82) is 0 Å². The largest absolute Gasteiger partial charge is 0.497 e. The summed E-state index contributed by atoms with van der Waals surface area (Å²) in [5, 5.41) is 0. The fraction of sp³-hybridized carbons (Fsp3) is 0.481. The lowest BCUT2D eigenvalue weighted by molar-refractivity contribution is -0.135. The number of amides is 3. The van der Waals surface area contributed by atoms with E-state index >= 15 is 0 Å². The molecule has 2 aromatic carbocycles. The van der Waals surface area contributed by atoms with Crippen LogP contribution in [0.15, 0.2) is 42.5 Å². The van der Waals surface area contributed by atoms with E-state index < -0.39 is 5.54 Å². The van der Waals surface area contributed by atoms with Gasteiger partial charge in [-0.3, -0.25) is 9.69 Å². The van der Waals surface area contributed by atoms with Gasteiger partial charge in [-0.1, -0.05) is 25.1 Å². The summed E-state index contributed by atoms with van der Waals surface area (Å²) in [5.74, 6) is 2.76. The summed E-state index contributed by atoms with van der Waals surface area (Å²) in [6, 6.07) is 13.4. The summed E-state index contributed by atoms with van der Waals surface area (Å²) >= 11 is 0. The Hall–Kier alpha value is -3.26. The first-order chi connectivity index (χ1) is 16.9. The van der Waals surface area contributed by atoms with Gasteiger partial charge in [0.15, 0.2) is 11.5 Å². The molecular formula is C27H33N3O5. The number of fused-ring (bicyclic) bond motifs is 1. The normalized spacial score (nSPS) is 20.1. The summed E-state index contributed by atoms with van der Waals surface area (Å²) in [6.45, 7) is 5.37.